The van der Waals surface area contributed by atoms with Crippen molar-refractivity contribution in [1.29, 1.82) is 0 Å². The first-order valence-electron chi connectivity index (χ1n) is 5.60. The third-order valence-electron chi connectivity index (χ3n) is 2.57. The van der Waals surface area contributed by atoms with E-state index in [2.05, 4.69) is 0 Å². The molecule has 0 spiro atoms. The molecular weight excluding hydrogens is 232 g/mol. The summed E-state index contributed by atoms with van der Waals surface area (Å²) in [5, 5.41) is 11.7. The summed E-state index contributed by atoms with van der Waals surface area (Å²) in [6, 6.07) is 9.93. The molecule has 2 aromatic rings. The van der Waals surface area contributed by atoms with Crippen LogP contribution in [0.2, 0.25) is 0 Å². The second kappa shape index (κ2) is 5.34. The fourth-order valence-electron chi connectivity index (χ4n) is 1.67. The standard InChI is InChI=1S/C14H16O2S/c1-10-5-6-14(13(8-10)11(2)15)16-9-12-4-3-7-17-12/h3-8,11,15H,9H2,1-2H3/t11-/m0/s1. The van der Waals surface area contributed by atoms with Crippen molar-refractivity contribution in [3.63, 3.8) is 0 Å². The molecule has 0 aliphatic rings. The lowest BCUT2D eigenvalue weighted by molar-refractivity contribution is 0.190. The van der Waals surface area contributed by atoms with E-state index in [1.807, 2.05) is 42.6 Å². The number of benzene rings is 1. The monoisotopic (exact) mass is 248 g/mol. The molecule has 2 rings (SSSR count). The van der Waals surface area contributed by atoms with Crippen molar-refractivity contribution < 1.29 is 9.84 Å². The molecule has 90 valence electrons. The van der Waals surface area contributed by atoms with Crippen molar-refractivity contribution in [1.82, 2.24) is 0 Å². The number of aliphatic hydroxyl groups is 1. The molecule has 0 saturated carbocycles. The van der Waals surface area contributed by atoms with Gasteiger partial charge in [-0.1, -0.05) is 17.7 Å². The van der Waals surface area contributed by atoms with Crippen LogP contribution in [0.1, 0.15) is 29.0 Å². The average Bonchev–Trinajstić information content (AvgIpc) is 2.80. The van der Waals surface area contributed by atoms with Crippen LogP contribution >= 0.6 is 11.3 Å². The van der Waals surface area contributed by atoms with E-state index in [0.29, 0.717) is 6.61 Å². The first-order chi connectivity index (χ1) is 8.16. The summed E-state index contributed by atoms with van der Waals surface area (Å²) < 4.78 is 5.75. The maximum atomic E-state index is 9.71. The van der Waals surface area contributed by atoms with Gasteiger partial charge in [-0.2, -0.15) is 0 Å². The second-order valence-electron chi connectivity index (χ2n) is 4.09. The smallest absolute Gasteiger partial charge is 0.125 e. The highest BCUT2D eigenvalue weighted by Gasteiger charge is 2.09. The van der Waals surface area contributed by atoms with Crippen LogP contribution in [0.25, 0.3) is 0 Å². The van der Waals surface area contributed by atoms with Crippen LogP contribution in [-0.4, -0.2) is 5.11 Å². The SMILES string of the molecule is Cc1ccc(OCc2cccs2)c([C@H](C)O)c1. The van der Waals surface area contributed by atoms with Crippen LogP contribution in [-0.2, 0) is 6.61 Å². The average molecular weight is 248 g/mol. The number of hydrogen-bond acceptors (Lipinski definition) is 3. The predicted octanol–water partition coefficient (Wildman–Crippen LogP) is 3.69. The van der Waals surface area contributed by atoms with Crippen LogP contribution in [0, 0.1) is 6.92 Å². The zero-order chi connectivity index (χ0) is 12.3. The quantitative estimate of drug-likeness (QED) is 0.894. The Morgan fingerprint density at radius 2 is 2.18 bits per heavy atom. The molecule has 0 aliphatic carbocycles. The molecular formula is C14H16O2S. The largest absolute Gasteiger partial charge is 0.488 e. The highest BCUT2D eigenvalue weighted by Crippen LogP contribution is 2.27. The minimum absolute atomic E-state index is 0.506. The Kier molecular flexibility index (Phi) is 3.82. The van der Waals surface area contributed by atoms with E-state index in [0.717, 1.165) is 16.9 Å². The molecule has 1 heterocycles. The van der Waals surface area contributed by atoms with E-state index in [-0.39, 0.29) is 0 Å². The predicted molar refractivity (Wildman–Crippen MR) is 70.5 cm³/mol. The maximum absolute atomic E-state index is 9.71. The Morgan fingerprint density at radius 3 is 2.82 bits per heavy atom. The molecule has 0 fully saturated rings. The van der Waals surface area contributed by atoms with E-state index >= 15 is 0 Å². The third kappa shape index (κ3) is 3.08. The molecule has 0 unspecified atom stereocenters. The molecule has 3 heteroatoms. The summed E-state index contributed by atoms with van der Waals surface area (Å²) in [6.45, 7) is 4.32. The molecule has 0 saturated heterocycles. The van der Waals surface area contributed by atoms with Crippen LogP contribution in [0.3, 0.4) is 0 Å². The highest BCUT2D eigenvalue weighted by molar-refractivity contribution is 7.09. The first kappa shape index (κ1) is 12.1. The number of thiophene rings is 1. The fourth-order valence-corrected chi connectivity index (χ4v) is 2.29. The summed E-state index contributed by atoms with van der Waals surface area (Å²) in [4.78, 5) is 1.18. The van der Waals surface area contributed by atoms with Gasteiger partial charge in [-0.15, -0.1) is 11.3 Å². The Labute approximate surface area is 105 Å². The number of hydrogen-bond donors (Lipinski definition) is 1. The van der Waals surface area contributed by atoms with Gasteiger partial charge in [0.25, 0.3) is 0 Å². The lowest BCUT2D eigenvalue weighted by Crippen LogP contribution is -2.00. The number of aliphatic hydroxyl groups excluding tert-OH is 1. The second-order valence-corrected chi connectivity index (χ2v) is 5.12. The van der Waals surface area contributed by atoms with Crippen LogP contribution < -0.4 is 4.74 Å². The molecule has 1 aromatic carbocycles. The number of rotatable bonds is 4. The molecule has 17 heavy (non-hydrogen) atoms. The van der Waals surface area contributed by atoms with Gasteiger partial charge in [0.1, 0.15) is 12.4 Å². The van der Waals surface area contributed by atoms with E-state index in [4.69, 9.17) is 4.74 Å². The topological polar surface area (TPSA) is 29.5 Å². The fraction of sp³-hybridized carbons (Fsp3) is 0.286. The van der Waals surface area contributed by atoms with Gasteiger partial charge < -0.3 is 9.84 Å². The number of aryl methyl sites for hydroxylation is 1. The summed E-state index contributed by atoms with van der Waals surface area (Å²) in [5.41, 5.74) is 1.98. The number of ether oxygens (including phenoxy) is 1. The van der Waals surface area contributed by atoms with E-state index in [9.17, 15) is 5.11 Å². The van der Waals surface area contributed by atoms with Crippen molar-refractivity contribution in [2.45, 2.75) is 26.6 Å². The Hall–Kier alpha value is -1.32. The minimum Gasteiger partial charge on any atom is -0.488 e. The van der Waals surface area contributed by atoms with E-state index in [1.165, 1.54) is 4.88 Å². The molecule has 0 amide bonds. The molecule has 1 atom stereocenters. The van der Waals surface area contributed by atoms with Crippen molar-refractivity contribution in [2.75, 3.05) is 0 Å². The van der Waals surface area contributed by atoms with Gasteiger partial charge in [0, 0.05) is 10.4 Å². The van der Waals surface area contributed by atoms with E-state index < -0.39 is 6.10 Å². The van der Waals surface area contributed by atoms with Gasteiger partial charge in [-0.05, 0) is 37.4 Å². The normalized spacial score (nSPS) is 12.4. The van der Waals surface area contributed by atoms with Gasteiger partial charge in [0.05, 0.1) is 6.10 Å². The summed E-state index contributed by atoms with van der Waals surface area (Å²) in [7, 11) is 0. The Morgan fingerprint density at radius 1 is 1.35 bits per heavy atom. The molecule has 0 radical (unpaired) electrons. The van der Waals surface area contributed by atoms with Crippen LogP contribution in [0.15, 0.2) is 35.7 Å². The minimum atomic E-state index is -0.506. The zero-order valence-electron chi connectivity index (χ0n) is 10.0. The molecule has 1 N–H and O–H groups in total. The first-order valence-corrected chi connectivity index (χ1v) is 6.48. The zero-order valence-corrected chi connectivity index (χ0v) is 10.8. The third-order valence-corrected chi connectivity index (χ3v) is 3.42. The Balaban J connectivity index is 2.14. The Bertz CT molecular complexity index is 475. The molecule has 2 nitrogen and oxygen atoms in total. The van der Waals surface area contributed by atoms with E-state index in [1.54, 1.807) is 18.3 Å². The molecule has 1 aromatic heterocycles. The van der Waals surface area contributed by atoms with Gasteiger partial charge >= 0.3 is 0 Å². The maximum Gasteiger partial charge on any atom is 0.125 e. The summed E-state index contributed by atoms with van der Waals surface area (Å²) in [6.07, 6.45) is -0.506. The van der Waals surface area contributed by atoms with Gasteiger partial charge in [-0.3, -0.25) is 0 Å². The summed E-state index contributed by atoms with van der Waals surface area (Å²) in [5.74, 6) is 0.763. The molecule has 0 aliphatic heterocycles. The lowest BCUT2D eigenvalue weighted by atomic mass is 10.1. The van der Waals surface area contributed by atoms with Crippen LogP contribution in [0.5, 0.6) is 5.75 Å². The summed E-state index contributed by atoms with van der Waals surface area (Å²) >= 11 is 1.67. The van der Waals surface area contributed by atoms with Gasteiger partial charge in [-0.25, -0.2) is 0 Å². The van der Waals surface area contributed by atoms with Gasteiger partial charge in [0.15, 0.2) is 0 Å². The van der Waals surface area contributed by atoms with Crippen molar-refractivity contribution in [3.8, 4) is 5.75 Å². The van der Waals surface area contributed by atoms with Crippen molar-refractivity contribution in [3.05, 3.63) is 51.7 Å². The van der Waals surface area contributed by atoms with Crippen molar-refractivity contribution >= 4 is 11.3 Å². The van der Waals surface area contributed by atoms with Crippen LogP contribution in [0.4, 0.5) is 0 Å². The van der Waals surface area contributed by atoms with Crippen molar-refractivity contribution in [2.24, 2.45) is 0 Å². The molecule has 0 bridgehead atoms. The van der Waals surface area contributed by atoms with Gasteiger partial charge in [0.2, 0.25) is 0 Å². The highest BCUT2D eigenvalue weighted by atomic mass is 32.1. The lowest BCUT2D eigenvalue weighted by Gasteiger charge is -2.13.